The van der Waals surface area contributed by atoms with Crippen LogP contribution >= 0.6 is 0 Å². The van der Waals surface area contributed by atoms with Gasteiger partial charge in [0.2, 0.25) is 10.0 Å². The smallest absolute Gasteiger partial charge is 0.253 e. The van der Waals surface area contributed by atoms with E-state index in [1.807, 2.05) is 24.3 Å². The molecule has 2 aromatic rings. The van der Waals surface area contributed by atoms with Crippen molar-refractivity contribution in [2.45, 2.75) is 38.6 Å². The zero-order chi connectivity index (χ0) is 20.4. The van der Waals surface area contributed by atoms with Gasteiger partial charge in [0.05, 0.1) is 17.5 Å². The topological polar surface area (TPSA) is 78.5 Å². The van der Waals surface area contributed by atoms with Crippen molar-refractivity contribution in [2.75, 3.05) is 30.6 Å². The summed E-state index contributed by atoms with van der Waals surface area (Å²) in [6, 6.07) is 11.0. The van der Waals surface area contributed by atoms with Crippen molar-refractivity contribution in [1.29, 1.82) is 0 Å². The van der Waals surface area contributed by atoms with Gasteiger partial charge in [-0.2, -0.15) is 0 Å². The lowest BCUT2D eigenvalue weighted by Crippen LogP contribution is -2.53. The molecule has 7 heteroatoms. The van der Waals surface area contributed by atoms with E-state index >= 15 is 0 Å². The Hall–Kier alpha value is -2.12. The number of nitrogens with one attached hydrogen (secondary N) is 2. The Labute approximate surface area is 167 Å². The van der Waals surface area contributed by atoms with Crippen molar-refractivity contribution in [3.63, 3.8) is 0 Å². The van der Waals surface area contributed by atoms with Crippen molar-refractivity contribution in [3.05, 3.63) is 42.0 Å². The highest BCUT2D eigenvalue weighted by molar-refractivity contribution is 7.92. The molecule has 1 saturated heterocycles. The third kappa shape index (κ3) is 5.02. The molecule has 1 heterocycles. The van der Waals surface area contributed by atoms with E-state index in [0.29, 0.717) is 17.8 Å². The molecule has 0 radical (unpaired) electrons. The van der Waals surface area contributed by atoms with Crippen molar-refractivity contribution in [2.24, 2.45) is 0 Å². The summed E-state index contributed by atoms with van der Waals surface area (Å²) in [5.74, 6) is -0.276. The van der Waals surface area contributed by atoms with Gasteiger partial charge in [-0.1, -0.05) is 30.7 Å². The second-order valence-corrected chi connectivity index (χ2v) is 9.91. The molecule has 0 aliphatic carbocycles. The van der Waals surface area contributed by atoms with Crippen molar-refractivity contribution in [3.8, 4) is 0 Å². The highest BCUT2D eigenvalue weighted by Crippen LogP contribution is 2.26. The number of hydrogen-bond acceptors (Lipinski definition) is 4. The van der Waals surface area contributed by atoms with Gasteiger partial charge in [-0.15, -0.1) is 0 Å². The quantitative estimate of drug-likeness (QED) is 0.776. The molecule has 0 spiro atoms. The average molecular weight is 404 g/mol. The van der Waals surface area contributed by atoms with E-state index < -0.39 is 10.0 Å². The summed E-state index contributed by atoms with van der Waals surface area (Å²) in [5.41, 5.74) is 0.477. The Bertz CT molecular complexity index is 964. The van der Waals surface area contributed by atoms with Crippen LogP contribution in [0.2, 0.25) is 0 Å². The number of sulfonamides is 1. The van der Waals surface area contributed by atoms with Gasteiger partial charge < -0.3 is 5.32 Å². The van der Waals surface area contributed by atoms with Crippen molar-refractivity contribution in [1.82, 2.24) is 10.2 Å². The molecule has 152 valence electrons. The minimum absolute atomic E-state index is 0.155. The van der Waals surface area contributed by atoms with Crippen molar-refractivity contribution >= 4 is 32.4 Å². The fourth-order valence-corrected chi connectivity index (χ4v) is 4.28. The molecule has 28 heavy (non-hydrogen) atoms. The molecule has 3 rings (SSSR count). The Balaban J connectivity index is 1.84. The number of hydrogen-bond donors (Lipinski definition) is 2. The molecule has 1 aliphatic rings. The van der Waals surface area contributed by atoms with E-state index in [4.69, 9.17) is 0 Å². The van der Waals surface area contributed by atoms with Gasteiger partial charge >= 0.3 is 0 Å². The summed E-state index contributed by atoms with van der Waals surface area (Å²) in [6.45, 7) is 6.85. The van der Waals surface area contributed by atoms with Crippen LogP contribution < -0.4 is 10.0 Å². The number of benzene rings is 2. The zero-order valence-corrected chi connectivity index (χ0v) is 17.6. The predicted molar refractivity (Wildman–Crippen MR) is 114 cm³/mol. The second-order valence-electron chi connectivity index (χ2n) is 8.16. The number of likely N-dealkylation sites (tertiary alicyclic amines) is 1. The van der Waals surface area contributed by atoms with Gasteiger partial charge in [-0.25, -0.2) is 8.42 Å². The molecule has 1 amide bonds. The third-order valence-electron chi connectivity index (χ3n) is 5.32. The molecule has 0 unspecified atom stereocenters. The van der Waals surface area contributed by atoms with Gasteiger partial charge in [0.15, 0.2) is 0 Å². The number of anilines is 1. The van der Waals surface area contributed by atoms with Crippen LogP contribution in [0.4, 0.5) is 5.69 Å². The summed E-state index contributed by atoms with van der Waals surface area (Å²) in [6.07, 6.45) is 4.72. The number of rotatable bonds is 6. The first-order chi connectivity index (χ1) is 13.2. The molecule has 1 aliphatic heterocycles. The maximum absolute atomic E-state index is 13.0. The lowest BCUT2D eigenvalue weighted by atomic mass is 9.98. The normalized spacial score (nSPS) is 16.1. The van der Waals surface area contributed by atoms with Crippen LogP contribution in [0.1, 0.15) is 43.5 Å². The summed E-state index contributed by atoms with van der Waals surface area (Å²) < 4.78 is 26.1. The Morgan fingerprint density at radius 2 is 1.68 bits per heavy atom. The minimum Gasteiger partial charge on any atom is -0.350 e. The number of carbonyl (C=O) groups is 1. The van der Waals surface area contributed by atoms with Gasteiger partial charge in [0.25, 0.3) is 5.91 Å². The molecule has 0 saturated carbocycles. The minimum atomic E-state index is -3.50. The van der Waals surface area contributed by atoms with Crippen LogP contribution in [0.3, 0.4) is 0 Å². The van der Waals surface area contributed by atoms with Crippen LogP contribution in [0.15, 0.2) is 36.4 Å². The molecule has 0 aromatic heterocycles. The van der Waals surface area contributed by atoms with E-state index in [0.717, 1.165) is 30.1 Å². The van der Waals surface area contributed by atoms with E-state index in [1.54, 1.807) is 12.1 Å². The van der Waals surface area contributed by atoms with E-state index in [9.17, 15) is 13.2 Å². The monoisotopic (exact) mass is 403 g/mol. The fraction of sp³-hybridized carbons (Fsp3) is 0.476. The zero-order valence-electron chi connectivity index (χ0n) is 16.8. The first kappa shape index (κ1) is 20.6. The van der Waals surface area contributed by atoms with E-state index in [2.05, 4.69) is 28.8 Å². The molecule has 2 N–H and O–H groups in total. The average Bonchev–Trinajstić information content (AvgIpc) is 2.65. The van der Waals surface area contributed by atoms with E-state index in [1.165, 1.54) is 19.3 Å². The number of amides is 1. The fourth-order valence-electron chi connectivity index (χ4n) is 3.72. The van der Waals surface area contributed by atoms with Gasteiger partial charge in [-0.05, 0) is 62.7 Å². The summed E-state index contributed by atoms with van der Waals surface area (Å²) >= 11 is 0. The number of fused-ring (bicyclic) bond motifs is 1. The number of nitrogens with zero attached hydrogens (tertiary/aromatic N) is 1. The predicted octanol–water partition coefficient (Wildman–Crippen LogP) is 3.21. The molecule has 1 fully saturated rings. The molecular weight excluding hydrogens is 374 g/mol. The highest BCUT2D eigenvalue weighted by Gasteiger charge is 2.28. The highest BCUT2D eigenvalue weighted by atomic mass is 32.2. The van der Waals surface area contributed by atoms with E-state index in [-0.39, 0.29) is 11.4 Å². The summed E-state index contributed by atoms with van der Waals surface area (Å²) in [7, 11) is -3.50. The molecule has 2 aromatic carbocycles. The summed E-state index contributed by atoms with van der Waals surface area (Å²) in [5, 5.41) is 4.78. The maximum atomic E-state index is 13.0. The Morgan fingerprint density at radius 1 is 1.07 bits per heavy atom. The first-order valence-electron chi connectivity index (χ1n) is 9.70. The molecular formula is C21H29N3O3S. The first-order valence-corrected chi connectivity index (χ1v) is 11.6. The van der Waals surface area contributed by atoms with Crippen LogP contribution in [-0.4, -0.2) is 50.7 Å². The second kappa shape index (κ2) is 8.09. The Morgan fingerprint density at radius 3 is 2.29 bits per heavy atom. The Kier molecular flexibility index (Phi) is 5.95. The maximum Gasteiger partial charge on any atom is 0.253 e. The largest absolute Gasteiger partial charge is 0.350 e. The standard InChI is InChI=1S/C21H29N3O3S/c1-21(2,24-11-7-4-8-12-24)15-22-20(25)18-13-16-9-5-6-10-17(16)14-19(18)23-28(3,26)27/h5-6,9-10,13-14,23H,4,7-8,11-12,15H2,1-3H3,(H,22,25). The lowest BCUT2D eigenvalue weighted by molar-refractivity contribution is 0.0798. The van der Waals surface area contributed by atoms with Gasteiger partial charge in [0, 0.05) is 12.1 Å². The SMILES string of the molecule is CC(C)(CNC(=O)c1cc2ccccc2cc1NS(C)(=O)=O)N1CCCCC1. The van der Waals surface area contributed by atoms with Crippen molar-refractivity contribution < 1.29 is 13.2 Å². The third-order valence-corrected chi connectivity index (χ3v) is 5.91. The van der Waals surface area contributed by atoms with Gasteiger partial charge in [0.1, 0.15) is 0 Å². The van der Waals surface area contributed by atoms with Crippen LogP contribution in [-0.2, 0) is 10.0 Å². The van der Waals surface area contributed by atoms with Gasteiger partial charge in [-0.3, -0.25) is 14.4 Å². The van der Waals surface area contributed by atoms with Crippen LogP contribution in [0.25, 0.3) is 10.8 Å². The molecule has 6 nitrogen and oxygen atoms in total. The van der Waals surface area contributed by atoms with Crippen LogP contribution in [0.5, 0.6) is 0 Å². The number of piperidine rings is 1. The molecule has 0 atom stereocenters. The lowest BCUT2D eigenvalue weighted by Gasteiger charge is -2.41. The summed E-state index contributed by atoms with van der Waals surface area (Å²) in [4.78, 5) is 15.4. The molecule has 0 bridgehead atoms. The van der Waals surface area contributed by atoms with Crippen LogP contribution in [0, 0.1) is 0 Å². The number of carbonyl (C=O) groups excluding carboxylic acids is 1.